The third-order valence-electron chi connectivity index (χ3n) is 7.91. The molecule has 0 spiro atoms. The van der Waals surface area contributed by atoms with Gasteiger partial charge in [0, 0.05) is 49.7 Å². The van der Waals surface area contributed by atoms with E-state index in [4.69, 9.17) is 9.84 Å². The van der Waals surface area contributed by atoms with E-state index in [0.717, 1.165) is 68.4 Å². The number of aryl methyl sites for hydroxylation is 1. The quantitative estimate of drug-likeness (QED) is 0.461. The summed E-state index contributed by atoms with van der Waals surface area (Å²) in [5.41, 5.74) is 6.85. The summed E-state index contributed by atoms with van der Waals surface area (Å²) in [7, 11) is 0. The maximum atomic E-state index is 13.6. The Balaban J connectivity index is 1.16. The number of carboxylic acid groups (broad SMARTS) is 1. The first-order valence-electron chi connectivity index (χ1n) is 13.8. The summed E-state index contributed by atoms with van der Waals surface area (Å²) in [6.45, 7) is 6.67. The molecule has 1 amide bonds. The number of hydrogen-bond acceptors (Lipinski definition) is 7. The van der Waals surface area contributed by atoms with Gasteiger partial charge in [0.1, 0.15) is 0 Å². The van der Waals surface area contributed by atoms with Crippen LogP contribution in [0.5, 0.6) is 0 Å². The minimum absolute atomic E-state index is 0.0119. The van der Waals surface area contributed by atoms with E-state index in [0.29, 0.717) is 31.1 Å². The minimum Gasteiger partial charge on any atom is -0.480 e. The molecule has 0 aliphatic carbocycles. The van der Waals surface area contributed by atoms with Gasteiger partial charge in [0.15, 0.2) is 5.01 Å². The van der Waals surface area contributed by atoms with Crippen LogP contribution in [0.15, 0.2) is 42.5 Å². The molecule has 0 bridgehead atoms. The molecule has 3 aliphatic heterocycles. The molecular formula is C30H34N4O4S. The van der Waals surface area contributed by atoms with E-state index < -0.39 is 5.97 Å². The lowest BCUT2D eigenvalue weighted by atomic mass is 9.95. The van der Waals surface area contributed by atoms with Gasteiger partial charge in [-0.3, -0.25) is 19.4 Å². The lowest BCUT2D eigenvalue weighted by Gasteiger charge is -2.26. The van der Waals surface area contributed by atoms with Crippen molar-refractivity contribution in [2.45, 2.75) is 32.2 Å². The molecule has 0 radical (unpaired) electrons. The number of morpholine rings is 1. The Morgan fingerprint density at radius 3 is 2.69 bits per heavy atom. The summed E-state index contributed by atoms with van der Waals surface area (Å²) in [4.78, 5) is 36.6. The van der Waals surface area contributed by atoms with E-state index >= 15 is 0 Å². The number of aliphatic carboxylic acids is 1. The monoisotopic (exact) mass is 546 g/mol. The van der Waals surface area contributed by atoms with Gasteiger partial charge in [-0.1, -0.05) is 36.4 Å². The van der Waals surface area contributed by atoms with Crippen LogP contribution in [0, 0.1) is 0 Å². The fourth-order valence-electron chi connectivity index (χ4n) is 5.92. The Kier molecular flexibility index (Phi) is 7.74. The van der Waals surface area contributed by atoms with Crippen molar-refractivity contribution in [3.05, 3.63) is 69.2 Å². The molecule has 1 N–H and O–H groups in total. The molecule has 0 atom stereocenters. The molecule has 1 saturated heterocycles. The second-order valence-electron chi connectivity index (χ2n) is 10.5. The average molecular weight is 547 g/mol. The molecule has 39 heavy (non-hydrogen) atoms. The van der Waals surface area contributed by atoms with E-state index in [-0.39, 0.29) is 12.5 Å². The first-order chi connectivity index (χ1) is 19.0. The summed E-state index contributed by atoms with van der Waals surface area (Å²) in [5.74, 6) is -0.894. The highest BCUT2D eigenvalue weighted by Gasteiger charge is 2.31. The van der Waals surface area contributed by atoms with E-state index in [9.17, 15) is 9.59 Å². The zero-order chi connectivity index (χ0) is 26.8. The van der Waals surface area contributed by atoms with Crippen molar-refractivity contribution in [3.63, 3.8) is 0 Å². The van der Waals surface area contributed by atoms with E-state index in [2.05, 4.69) is 40.2 Å². The molecule has 3 aliphatic rings. The third kappa shape index (κ3) is 5.77. The molecule has 204 valence electrons. The molecule has 6 rings (SSSR count). The number of carbonyl (C=O) groups is 2. The van der Waals surface area contributed by atoms with Crippen molar-refractivity contribution in [2.75, 3.05) is 57.4 Å². The molecule has 2 aromatic carbocycles. The van der Waals surface area contributed by atoms with E-state index in [1.165, 1.54) is 33.6 Å². The molecule has 9 heteroatoms. The van der Waals surface area contributed by atoms with Gasteiger partial charge in [-0.05, 0) is 54.1 Å². The summed E-state index contributed by atoms with van der Waals surface area (Å²) in [5, 5.41) is 9.63. The Hall–Kier alpha value is -3.11. The predicted octanol–water partition coefficient (Wildman–Crippen LogP) is 3.72. The van der Waals surface area contributed by atoms with Crippen LogP contribution in [0.2, 0.25) is 0 Å². The zero-order valence-electron chi connectivity index (χ0n) is 22.1. The normalized spacial score (nSPS) is 17.7. The van der Waals surface area contributed by atoms with Crippen LogP contribution >= 0.6 is 11.3 Å². The molecule has 0 saturated carbocycles. The number of fused-ring (bicyclic) bond motifs is 2. The number of thiazole rings is 1. The van der Waals surface area contributed by atoms with Gasteiger partial charge in [0.25, 0.3) is 5.91 Å². The van der Waals surface area contributed by atoms with Crippen molar-refractivity contribution >= 4 is 28.9 Å². The SMILES string of the molecule is O=C(O)CN1CCc2nc(C(=O)N3CCc4c(-c5cccc(CCCN6CCOCC6)c5)cccc43)sc2C1. The van der Waals surface area contributed by atoms with Gasteiger partial charge in [-0.2, -0.15) is 0 Å². The van der Waals surface area contributed by atoms with E-state index in [1.54, 1.807) is 0 Å². The third-order valence-corrected chi connectivity index (χ3v) is 8.98. The van der Waals surface area contributed by atoms with Crippen LogP contribution in [-0.4, -0.2) is 84.2 Å². The number of amides is 1. The molecule has 1 aromatic heterocycles. The minimum atomic E-state index is -0.831. The topological polar surface area (TPSA) is 86.2 Å². The van der Waals surface area contributed by atoms with Crippen molar-refractivity contribution in [3.8, 4) is 11.1 Å². The first kappa shape index (κ1) is 26.1. The summed E-state index contributed by atoms with van der Waals surface area (Å²) in [6, 6.07) is 15.1. The number of rotatable bonds is 8. The molecule has 1 fully saturated rings. The maximum Gasteiger partial charge on any atom is 0.317 e. The number of carboxylic acids is 1. The van der Waals surface area contributed by atoms with Crippen molar-refractivity contribution in [1.29, 1.82) is 0 Å². The van der Waals surface area contributed by atoms with Gasteiger partial charge in [0.05, 0.1) is 25.5 Å². The fourth-order valence-corrected chi connectivity index (χ4v) is 7.02. The highest BCUT2D eigenvalue weighted by molar-refractivity contribution is 7.13. The Morgan fingerprint density at radius 2 is 1.85 bits per heavy atom. The Labute approximate surface area is 232 Å². The molecular weight excluding hydrogens is 512 g/mol. The average Bonchev–Trinajstić information content (AvgIpc) is 3.57. The molecule has 8 nitrogen and oxygen atoms in total. The standard InChI is InChI=1S/C30H34N4O4S/c35-28(36)20-33-12-10-25-27(19-33)39-29(31-25)30(37)34-13-9-24-23(7-2-8-26(24)34)22-6-1-4-21(18-22)5-3-11-32-14-16-38-17-15-32/h1-2,4,6-8,18H,3,5,9-17,19-20H2,(H,35,36). The number of nitrogens with zero attached hydrogens (tertiary/aromatic N) is 4. The summed E-state index contributed by atoms with van der Waals surface area (Å²) >= 11 is 1.41. The number of hydrogen-bond donors (Lipinski definition) is 1. The number of ether oxygens (including phenoxy) is 1. The maximum absolute atomic E-state index is 13.6. The smallest absolute Gasteiger partial charge is 0.317 e. The number of anilines is 1. The zero-order valence-corrected chi connectivity index (χ0v) is 22.9. The predicted molar refractivity (Wildman–Crippen MR) is 152 cm³/mol. The second-order valence-corrected chi connectivity index (χ2v) is 11.6. The van der Waals surface area contributed by atoms with Crippen LogP contribution < -0.4 is 4.90 Å². The van der Waals surface area contributed by atoms with Crippen LogP contribution in [0.1, 0.15) is 37.9 Å². The highest BCUT2D eigenvalue weighted by Crippen LogP contribution is 2.38. The van der Waals surface area contributed by atoms with E-state index in [1.807, 2.05) is 21.9 Å². The Bertz CT molecular complexity index is 1370. The number of aromatic nitrogens is 1. The van der Waals surface area contributed by atoms with Gasteiger partial charge in [0.2, 0.25) is 0 Å². The number of benzene rings is 2. The Morgan fingerprint density at radius 1 is 1.00 bits per heavy atom. The first-order valence-corrected chi connectivity index (χ1v) is 14.6. The number of carbonyl (C=O) groups excluding carboxylic acids is 1. The van der Waals surface area contributed by atoms with Gasteiger partial charge in [-0.15, -0.1) is 11.3 Å². The van der Waals surface area contributed by atoms with Crippen molar-refractivity contribution in [1.82, 2.24) is 14.8 Å². The second kappa shape index (κ2) is 11.6. The summed E-state index contributed by atoms with van der Waals surface area (Å²) in [6.07, 6.45) is 3.67. The fraction of sp³-hybridized carbons (Fsp3) is 0.433. The van der Waals surface area contributed by atoms with Crippen LogP contribution in [0.3, 0.4) is 0 Å². The lowest BCUT2D eigenvalue weighted by molar-refractivity contribution is -0.138. The van der Waals surface area contributed by atoms with Gasteiger partial charge in [-0.25, -0.2) is 4.98 Å². The van der Waals surface area contributed by atoms with Crippen LogP contribution in [0.25, 0.3) is 11.1 Å². The largest absolute Gasteiger partial charge is 0.480 e. The van der Waals surface area contributed by atoms with Gasteiger partial charge >= 0.3 is 5.97 Å². The van der Waals surface area contributed by atoms with Crippen molar-refractivity contribution in [2.24, 2.45) is 0 Å². The van der Waals surface area contributed by atoms with Crippen LogP contribution in [-0.2, 0) is 35.3 Å². The lowest BCUT2D eigenvalue weighted by Crippen LogP contribution is -2.36. The van der Waals surface area contributed by atoms with Gasteiger partial charge < -0.3 is 14.7 Å². The molecule has 0 unspecified atom stereocenters. The molecule has 3 aromatic rings. The molecule has 4 heterocycles. The van der Waals surface area contributed by atoms with Crippen LogP contribution in [0.4, 0.5) is 5.69 Å². The summed E-state index contributed by atoms with van der Waals surface area (Å²) < 4.78 is 5.46. The highest BCUT2D eigenvalue weighted by atomic mass is 32.1. The van der Waals surface area contributed by atoms with Crippen molar-refractivity contribution < 1.29 is 19.4 Å².